The maximum absolute atomic E-state index is 6.28. The van der Waals surface area contributed by atoms with Crippen LogP contribution in [0, 0.1) is 0 Å². The summed E-state index contributed by atoms with van der Waals surface area (Å²) in [6.45, 7) is 25.1. The lowest BCUT2D eigenvalue weighted by Crippen LogP contribution is -2.41. The zero-order chi connectivity index (χ0) is 63.2. The Bertz CT molecular complexity index is 4870. The zero-order valence-corrected chi connectivity index (χ0v) is 54.4. The van der Waals surface area contributed by atoms with E-state index in [-0.39, 0.29) is 55.0 Å². The van der Waals surface area contributed by atoms with Gasteiger partial charge in [-0.15, -0.1) is 0 Å². The topological polar surface area (TPSA) is 55.4 Å². The van der Waals surface area contributed by atoms with Gasteiger partial charge in [-0.25, -0.2) is 0 Å². The van der Waals surface area contributed by atoms with E-state index < -0.39 is 0 Å². The van der Waals surface area contributed by atoms with Crippen molar-refractivity contribution in [3.05, 3.63) is 249 Å². The molecule has 0 atom stereocenters. The zero-order valence-electron chi connectivity index (χ0n) is 54.4. The molecule has 0 radical (unpaired) electrons. The van der Waals surface area contributed by atoms with Crippen molar-refractivity contribution in [1.29, 1.82) is 0 Å². The molecule has 0 aromatic heterocycles. The average molecular weight is 1190 g/mol. The lowest BCUT2D eigenvalue weighted by Gasteiger charge is -2.32. The largest absolute Gasteiger partial charge is 0.494 e. The van der Waals surface area contributed by atoms with Crippen molar-refractivity contribution in [3.63, 3.8) is 0 Å². The van der Waals surface area contributed by atoms with Gasteiger partial charge in [0.1, 0.15) is 0 Å². The fourth-order valence-electron chi connectivity index (χ4n) is 13.1. The Morgan fingerprint density at radius 1 is 0.198 bits per heavy atom. The molecule has 13 aromatic rings. The van der Waals surface area contributed by atoms with Gasteiger partial charge in [-0.3, -0.25) is 0 Å². The number of rotatable bonds is 6. The lowest BCUT2D eigenvalue weighted by molar-refractivity contribution is 0.00578. The molecule has 0 bridgehead atoms. The van der Waals surface area contributed by atoms with Gasteiger partial charge in [-0.2, -0.15) is 0 Å². The number of hydrogen-bond donors (Lipinski definition) is 0. The van der Waals surface area contributed by atoms with Gasteiger partial charge in [0.2, 0.25) is 0 Å². The Labute approximate surface area is 536 Å². The first kappa shape index (κ1) is 60.2. The summed E-state index contributed by atoms with van der Waals surface area (Å²) in [5.41, 5.74) is 8.32. The molecular weight excluding hydrogens is 1110 g/mol. The summed E-state index contributed by atoms with van der Waals surface area (Å²) in [6, 6.07) is 89.0. The van der Waals surface area contributed by atoms with Crippen LogP contribution in [0.25, 0.3) is 109 Å². The summed E-state index contributed by atoms with van der Waals surface area (Å²) < 4.78 is 37.5. The highest BCUT2D eigenvalue weighted by molar-refractivity contribution is 6.63. The Kier molecular flexibility index (Phi) is 15.1. The van der Waals surface area contributed by atoms with Crippen LogP contribution in [0.3, 0.4) is 0 Å². The van der Waals surface area contributed by atoms with Gasteiger partial charge in [0.15, 0.2) is 0 Å². The minimum absolute atomic E-state index is 0.335. The molecule has 9 heteroatoms. The van der Waals surface area contributed by atoms with Crippen LogP contribution in [0.4, 0.5) is 0 Å². The maximum Gasteiger partial charge on any atom is 0.494 e. The van der Waals surface area contributed by atoms with Gasteiger partial charge in [-0.05, 0) is 226 Å². The quantitative estimate of drug-likeness (QED) is 0.122. The van der Waals surface area contributed by atoms with Gasteiger partial charge >= 0.3 is 21.4 Å². The third-order valence-electron chi connectivity index (χ3n) is 20.5. The first-order valence-corrected chi connectivity index (χ1v) is 32.1. The SMILES string of the molecule is CC1(C)OB(c2ccc(-c3ccc4c5ccccc5c5ccccc5c4c3)cc2)OC1(C)C.CC1(C)OB(c2cccc(-c3cc4ccccc4c4ccccc34)c2)OC1(C)C.CC1(C)OB(c2cccc(-c3ccc4c(ccc5ccccc54)c3)c2)OC1(C)C. The molecule has 3 fully saturated rings. The summed E-state index contributed by atoms with van der Waals surface area (Å²) >= 11 is 0. The molecule has 3 heterocycles. The van der Waals surface area contributed by atoms with Crippen molar-refractivity contribution >= 4 is 113 Å². The van der Waals surface area contributed by atoms with Crippen LogP contribution in [-0.2, 0) is 27.9 Å². The van der Waals surface area contributed by atoms with Crippen molar-refractivity contribution in [1.82, 2.24) is 0 Å². The third-order valence-corrected chi connectivity index (χ3v) is 20.5. The molecule has 0 amide bonds. The molecule has 450 valence electrons. The smallest absolute Gasteiger partial charge is 0.399 e. The van der Waals surface area contributed by atoms with Gasteiger partial charge in [0.25, 0.3) is 0 Å². The van der Waals surface area contributed by atoms with Crippen molar-refractivity contribution in [3.8, 4) is 33.4 Å². The first-order chi connectivity index (χ1) is 43.5. The Balaban J connectivity index is 0.000000119. The number of benzene rings is 13. The molecule has 3 saturated heterocycles. The second-order valence-corrected chi connectivity index (χ2v) is 27.9. The van der Waals surface area contributed by atoms with Crippen molar-refractivity contribution in [2.45, 2.75) is 117 Å². The highest BCUT2D eigenvalue weighted by atomic mass is 16.7. The van der Waals surface area contributed by atoms with E-state index in [1.165, 1.54) is 109 Å². The molecule has 91 heavy (non-hydrogen) atoms. The van der Waals surface area contributed by atoms with Crippen LogP contribution in [-0.4, -0.2) is 55.0 Å². The van der Waals surface area contributed by atoms with E-state index in [9.17, 15) is 0 Å². The lowest BCUT2D eigenvalue weighted by atomic mass is 9.77. The van der Waals surface area contributed by atoms with Gasteiger partial charge < -0.3 is 27.9 Å². The summed E-state index contributed by atoms with van der Waals surface area (Å²) in [5, 5.41) is 18.0. The Morgan fingerprint density at radius 3 is 1.03 bits per heavy atom. The standard InChI is InChI=1S/C30H27BO2.2C26H25BO2/c1-29(2)30(3,4)33-31(32-29)22-16-13-20(14-17-22)21-15-18-27-25-11-6-5-9-23(25)24-10-7-8-12-26(24)28(27)19-21;1-25(2)26(3,4)29-27(28-25)20-12-9-11-18(16-20)24-17-19-10-5-6-13-21(19)22-14-7-8-15-23(22)24;1-25(2)26(3,4)29-27(28-25)22-10-7-9-19(17-22)20-14-15-24-21(16-20)13-12-18-8-5-6-11-23(18)24/h5-19H,1-4H3;2*5-17H,1-4H3. The van der Waals surface area contributed by atoms with E-state index in [1.807, 2.05) is 0 Å². The molecule has 0 aliphatic carbocycles. The van der Waals surface area contributed by atoms with E-state index in [1.54, 1.807) is 0 Å². The van der Waals surface area contributed by atoms with E-state index in [4.69, 9.17) is 27.9 Å². The van der Waals surface area contributed by atoms with Crippen molar-refractivity contribution in [2.24, 2.45) is 0 Å². The van der Waals surface area contributed by atoms with Gasteiger partial charge in [0.05, 0.1) is 33.6 Å². The molecule has 6 nitrogen and oxygen atoms in total. The molecular formula is C82H77B3O6. The van der Waals surface area contributed by atoms with E-state index in [2.05, 4.69) is 332 Å². The first-order valence-electron chi connectivity index (χ1n) is 32.1. The summed E-state index contributed by atoms with van der Waals surface area (Å²) in [4.78, 5) is 0. The monoisotopic (exact) mass is 1190 g/mol. The summed E-state index contributed by atoms with van der Waals surface area (Å²) in [7, 11) is -1.04. The predicted octanol–water partition coefficient (Wildman–Crippen LogP) is 19.0. The minimum Gasteiger partial charge on any atom is -0.399 e. The Morgan fingerprint density at radius 2 is 0.516 bits per heavy atom. The predicted molar refractivity (Wildman–Crippen MR) is 385 cm³/mol. The van der Waals surface area contributed by atoms with Crippen LogP contribution >= 0.6 is 0 Å². The second kappa shape index (κ2) is 22.8. The normalized spacial score (nSPS) is 17.6. The van der Waals surface area contributed by atoms with Crippen molar-refractivity contribution in [2.75, 3.05) is 0 Å². The minimum atomic E-state index is -0.355. The fourth-order valence-corrected chi connectivity index (χ4v) is 13.1. The van der Waals surface area contributed by atoms with Gasteiger partial charge in [-0.1, -0.05) is 231 Å². The molecule has 3 aliphatic rings. The molecule has 0 spiro atoms. The van der Waals surface area contributed by atoms with Gasteiger partial charge in [0, 0.05) is 0 Å². The highest BCUT2D eigenvalue weighted by Crippen LogP contribution is 2.42. The molecule has 0 saturated carbocycles. The van der Waals surface area contributed by atoms with E-state index >= 15 is 0 Å². The number of fused-ring (bicyclic) bond motifs is 12. The molecule has 0 N–H and O–H groups in total. The molecule has 16 rings (SSSR count). The van der Waals surface area contributed by atoms with E-state index in [0.717, 1.165) is 16.4 Å². The van der Waals surface area contributed by atoms with Crippen LogP contribution in [0.1, 0.15) is 83.1 Å². The average Bonchev–Trinajstić information content (AvgIpc) is 1.71. The summed E-state index contributed by atoms with van der Waals surface area (Å²) in [6.07, 6.45) is 0. The Hall–Kier alpha value is -8.37. The summed E-state index contributed by atoms with van der Waals surface area (Å²) in [5.74, 6) is 0. The second-order valence-electron chi connectivity index (χ2n) is 27.9. The third kappa shape index (κ3) is 11.0. The van der Waals surface area contributed by atoms with Crippen molar-refractivity contribution < 1.29 is 27.9 Å². The maximum atomic E-state index is 6.28. The van der Waals surface area contributed by atoms with Crippen LogP contribution in [0.2, 0.25) is 0 Å². The molecule has 3 aliphatic heterocycles. The van der Waals surface area contributed by atoms with E-state index in [0.29, 0.717) is 0 Å². The number of hydrogen-bond acceptors (Lipinski definition) is 6. The molecule has 13 aromatic carbocycles. The molecule has 0 unspecified atom stereocenters. The van der Waals surface area contributed by atoms with Crippen LogP contribution in [0.5, 0.6) is 0 Å². The van der Waals surface area contributed by atoms with Crippen LogP contribution in [0.15, 0.2) is 249 Å². The fraction of sp³-hybridized carbons (Fsp3) is 0.220. The highest BCUT2D eigenvalue weighted by Gasteiger charge is 2.54. The van der Waals surface area contributed by atoms with Crippen LogP contribution < -0.4 is 16.4 Å².